The second-order valence-electron chi connectivity index (χ2n) is 2.67. The molecule has 4 nitrogen and oxygen atoms in total. The Morgan fingerprint density at radius 1 is 1.69 bits per heavy atom. The van der Waals surface area contributed by atoms with Gasteiger partial charge in [-0.3, -0.25) is 0 Å². The summed E-state index contributed by atoms with van der Waals surface area (Å²) in [5.74, 6) is 0.719. The summed E-state index contributed by atoms with van der Waals surface area (Å²) in [5.41, 5.74) is 0.608. The number of amides is 2. The van der Waals surface area contributed by atoms with Crippen molar-refractivity contribution in [2.75, 3.05) is 0 Å². The van der Waals surface area contributed by atoms with Crippen LogP contribution in [-0.2, 0) is 6.54 Å². The summed E-state index contributed by atoms with van der Waals surface area (Å²) in [6.07, 6.45) is 1.56. The van der Waals surface area contributed by atoms with Crippen LogP contribution in [0.5, 0.6) is 0 Å². The van der Waals surface area contributed by atoms with Crippen LogP contribution in [0.25, 0.3) is 0 Å². The number of furan rings is 1. The summed E-state index contributed by atoms with van der Waals surface area (Å²) in [5, 5.41) is 5.13. The summed E-state index contributed by atoms with van der Waals surface area (Å²) >= 11 is 0. The van der Waals surface area contributed by atoms with Crippen molar-refractivity contribution < 1.29 is 9.21 Å². The third-order valence-electron chi connectivity index (χ3n) is 1.33. The van der Waals surface area contributed by atoms with Gasteiger partial charge >= 0.3 is 6.03 Å². The average Bonchev–Trinajstić information content (AvgIpc) is 2.51. The van der Waals surface area contributed by atoms with Gasteiger partial charge in [-0.05, 0) is 19.1 Å². The summed E-state index contributed by atoms with van der Waals surface area (Å²) in [6.45, 7) is 5.64. The van der Waals surface area contributed by atoms with Gasteiger partial charge in [-0.15, -0.1) is 0 Å². The molecule has 0 spiro atoms. The summed E-state index contributed by atoms with van der Waals surface area (Å²) < 4.78 is 5.02. The number of rotatable bonds is 3. The highest BCUT2D eigenvalue weighted by atomic mass is 16.3. The molecule has 0 aliphatic carbocycles. The predicted octanol–water partition coefficient (Wildman–Crippen LogP) is 1.61. The first-order valence-corrected chi connectivity index (χ1v) is 3.91. The number of nitrogens with one attached hydrogen (secondary N) is 2. The van der Waals surface area contributed by atoms with E-state index in [0.717, 1.165) is 5.76 Å². The van der Waals surface area contributed by atoms with Crippen molar-refractivity contribution in [2.24, 2.45) is 0 Å². The molecule has 1 aromatic rings. The van der Waals surface area contributed by atoms with Gasteiger partial charge in [0, 0.05) is 5.70 Å². The number of hydrogen-bond donors (Lipinski definition) is 2. The molecule has 4 heteroatoms. The molecule has 2 N–H and O–H groups in total. The molecule has 0 atom stereocenters. The Morgan fingerprint density at radius 3 is 3.00 bits per heavy atom. The maximum atomic E-state index is 11.0. The molecule has 70 valence electrons. The molecule has 0 aromatic carbocycles. The molecular formula is C9H12N2O2. The molecule has 13 heavy (non-hydrogen) atoms. The zero-order valence-electron chi connectivity index (χ0n) is 7.46. The minimum absolute atomic E-state index is 0.274. The Hall–Kier alpha value is -1.71. The van der Waals surface area contributed by atoms with Crippen LogP contribution >= 0.6 is 0 Å². The maximum Gasteiger partial charge on any atom is 0.319 e. The Kier molecular flexibility index (Phi) is 3.14. The van der Waals surface area contributed by atoms with E-state index in [4.69, 9.17) is 4.42 Å². The summed E-state index contributed by atoms with van der Waals surface area (Å²) in [6, 6.07) is 3.29. The van der Waals surface area contributed by atoms with Crippen molar-refractivity contribution in [1.82, 2.24) is 10.6 Å². The molecule has 1 heterocycles. The third kappa shape index (κ3) is 3.46. The highest BCUT2D eigenvalue weighted by Gasteiger charge is 2.00. The summed E-state index contributed by atoms with van der Waals surface area (Å²) in [4.78, 5) is 11.0. The van der Waals surface area contributed by atoms with Crippen LogP contribution in [0.3, 0.4) is 0 Å². The molecule has 1 aromatic heterocycles. The molecule has 0 saturated carbocycles. The minimum atomic E-state index is -0.274. The smallest absolute Gasteiger partial charge is 0.319 e. The lowest BCUT2D eigenvalue weighted by Gasteiger charge is -2.04. The van der Waals surface area contributed by atoms with E-state index in [-0.39, 0.29) is 6.03 Å². The fraction of sp³-hybridized carbons (Fsp3) is 0.222. The molecule has 0 saturated heterocycles. The van der Waals surface area contributed by atoms with Crippen molar-refractivity contribution in [3.8, 4) is 0 Å². The fourth-order valence-electron chi connectivity index (χ4n) is 0.819. The Labute approximate surface area is 76.6 Å². The van der Waals surface area contributed by atoms with Gasteiger partial charge in [0.15, 0.2) is 0 Å². The van der Waals surface area contributed by atoms with Crippen LogP contribution in [0.4, 0.5) is 4.79 Å². The summed E-state index contributed by atoms with van der Waals surface area (Å²) in [7, 11) is 0. The van der Waals surface area contributed by atoms with Gasteiger partial charge in [0.25, 0.3) is 0 Å². The van der Waals surface area contributed by atoms with Gasteiger partial charge in [0.2, 0.25) is 0 Å². The number of hydrogen-bond acceptors (Lipinski definition) is 2. The second kappa shape index (κ2) is 4.35. The van der Waals surface area contributed by atoms with Crippen molar-refractivity contribution in [3.05, 3.63) is 36.4 Å². The fourth-order valence-corrected chi connectivity index (χ4v) is 0.819. The van der Waals surface area contributed by atoms with Crippen molar-refractivity contribution in [1.29, 1.82) is 0 Å². The van der Waals surface area contributed by atoms with Gasteiger partial charge < -0.3 is 15.1 Å². The zero-order chi connectivity index (χ0) is 9.68. The van der Waals surface area contributed by atoms with E-state index in [1.54, 1.807) is 25.3 Å². The zero-order valence-corrected chi connectivity index (χ0v) is 7.46. The van der Waals surface area contributed by atoms with Crippen LogP contribution in [0, 0.1) is 0 Å². The van der Waals surface area contributed by atoms with E-state index in [1.807, 2.05) is 0 Å². The lowest BCUT2D eigenvalue weighted by Crippen LogP contribution is -2.33. The monoisotopic (exact) mass is 180 g/mol. The quantitative estimate of drug-likeness (QED) is 0.742. The van der Waals surface area contributed by atoms with Gasteiger partial charge in [-0.1, -0.05) is 6.58 Å². The first-order chi connectivity index (χ1) is 6.18. The standard InChI is InChI=1S/C9H12N2O2/c1-7(2)11-9(12)10-6-8-4-3-5-13-8/h3-5H,1,6H2,2H3,(H2,10,11,12). The van der Waals surface area contributed by atoms with Gasteiger partial charge in [-0.25, -0.2) is 4.79 Å². The maximum absolute atomic E-state index is 11.0. The highest BCUT2D eigenvalue weighted by Crippen LogP contribution is 1.98. The van der Waals surface area contributed by atoms with Crippen molar-refractivity contribution >= 4 is 6.03 Å². The van der Waals surface area contributed by atoms with E-state index >= 15 is 0 Å². The number of carbonyl (C=O) groups is 1. The number of urea groups is 1. The van der Waals surface area contributed by atoms with Gasteiger partial charge in [0.1, 0.15) is 5.76 Å². The average molecular weight is 180 g/mol. The van der Waals surface area contributed by atoms with Crippen LogP contribution in [-0.4, -0.2) is 6.03 Å². The molecule has 0 fully saturated rings. The molecule has 0 unspecified atom stereocenters. The number of allylic oxidation sites excluding steroid dienone is 1. The first kappa shape index (κ1) is 9.38. The van der Waals surface area contributed by atoms with E-state index in [1.165, 1.54) is 0 Å². The van der Waals surface area contributed by atoms with Crippen LogP contribution in [0.15, 0.2) is 35.1 Å². The lowest BCUT2D eigenvalue weighted by atomic mass is 10.4. The van der Waals surface area contributed by atoms with Crippen LogP contribution in [0.1, 0.15) is 12.7 Å². The highest BCUT2D eigenvalue weighted by molar-refractivity contribution is 5.75. The van der Waals surface area contributed by atoms with E-state index in [2.05, 4.69) is 17.2 Å². The topological polar surface area (TPSA) is 54.3 Å². The molecule has 2 amide bonds. The Morgan fingerprint density at radius 2 is 2.46 bits per heavy atom. The van der Waals surface area contributed by atoms with Gasteiger partial charge in [0.05, 0.1) is 12.8 Å². The second-order valence-corrected chi connectivity index (χ2v) is 2.67. The van der Waals surface area contributed by atoms with Crippen LogP contribution in [0.2, 0.25) is 0 Å². The van der Waals surface area contributed by atoms with Crippen molar-refractivity contribution in [3.63, 3.8) is 0 Å². The van der Waals surface area contributed by atoms with Gasteiger partial charge in [-0.2, -0.15) is 0 Å². The predicted molar refractivity (Wildman–Crippen MR) is 48.9 cm³/mol. The molecule has 0 aliphatic rings. The van der Waals surface area contributed by atoms with E-state index in [0.29, 0.717) is 12.2 Å². The normalized spacial score (nSPS) is 9.31. The SMILES string of the molecule is C=C(C)NC(=O)NCc1ccco1. The van der Waals surface area contributed by atoms with Crippen molar-refractivity contribution in [2.45, 2.75) is 13.5 Å². The molecule has 0 aliphatic heterocycles. The lowest BCUT2D eigenvalue weighted by molar-refractivity contribution is 0.242. The largest absolute Gasteiger partial charge is 0.467 e. The molecule has 0 bridgehead atoms. The molecular weight excluding hydrogens is 168 g/mol. The minimum Gasteiger partial charge on any atom is -0.467 e. The van der Waals surface area contributed by atoms with E-state index in [9.17, 15) is 4.79 Å². The number of carbonyl (C=O) groups excluding carboxylic acids is 1. The van der Waals surface area contributed by atoms with E-state index < -0.39 is 0 Å². The first-order valence-electron chi connectivity index (χ1n) is 3.91. The Bertz CT molecular complexity index is 291. The Balaban J connectivity index is 2.27. The molecule has 1 rings (SSSR count). The third-order valence-corrected chi connectivity index (χ3v) is 1.33. The van der Waals surface area contributed by atoms with Crippen LogP contribution < -0.4 is 10.6 Å². The molecule has 0 radical (unpaired) electrons.